The maximum absolute atomic E-state index is 11.3. The molecule has 0 bridgehead atoms. The van der Waals surface area contributed by atoms with Crippen molar-refractivity contribution < 1.29 is 34.1 Å². The van der Waals surface area contributed by atoms with Gasteiger partial charge in [0.2, 0.25) is 0 Å². The summed E-state index contributed by atoms with van der Waals surface area (Å²) in [6.45, 7) is 2.65. The Hall–Kier alpha value is -3.61. The lowest BCUT2D eigenvalue weighted by Crippen LogP contribution is -2.35. The van der Waals surface area contributed by atoms with E-state index < -0.39 is 11.9 Å². The van der Waals surface area contributed by atoms with Crippen LogP contribution in [-0.2, 0) is 19.1 Å². The molecular formula is C26H30N4O7S. The van der Waals surface area contributed by atoms with Crippen LogP contribution in [0, 0.1) is 0 Å². The highest BCUT2D eigenvalue weighted by atomic mass is 32.2. The van der Waals surface area contributed by atoms with Gasteiger partial charge in [0, 0.05) is 23.7 Å². The van der Waals surface area contributed by atoms with Crippen molar-refractivity contribution in [1.82, 2.24) is 20.2 Å². The van der Waals surface area contributed by atoms with Gasteiger partial charge in [0.25, 0.3) is 0 Å². The summed E-state index contributed by atoms with van der Waals surface area (Å²) in [7, 11) is 2.16. The van der Waals surface area contributed by atoms with Crippen molar-refractivity contribution in [2.24, 2.45) is 0 Å². The van der Waals surface area contributed by atoms with Gasteiger partial charge in [-0.05, 0) is 49.7 Å². The SMILES string of the molecule is CN1CCC(OC(c2cccc(SCC3CNC(=O)O3)c2)c2nc3ccccc3[nH]2)CC1.O=C(O)C(=O)O. The molecule has 0 saturated carbocycles. The van der Waals surface area contributed by atoms with Gasteiger partial charge in [0.15, 0.2) is 0 Å². The molecule has 2 atom stereocenters. The number of benzene rings is 2. The van der Waals surface area contributed by atoms with Crippen molar-refractivity contribution in [1.29, 1.82) is 0 Å². The van der Waals surface area contributed by atoms with Crippen molar-refractivity contribution in [3.05, 3.63) is 59.9 Å². The fourth-order valence-electron chi connectivity index (χ4n) is 4.19. The summed E-state index contributed by atoms with van der Waals surface area (Å²) in [6, 6.07) is 16.5. The van der Waals surface area contributed by atoms with E-state index in [4.69, 9.17) is 34.3 Å². The number of nitrogens with zero attached hydrogens (tertiary/aromatic N) is 2. The molecule has 3 heterocycles. The van der Waals surface area contributed by atoms with Crippen LogP contribution in [0.4, 0.5) is 4.79 Å². The first kappa shape index (κ1) is 27.4. The van der Waals surface area contributed by atoms with Gasteiger partial charge in [0.05, 0.1) is 23.7 Å². The molecule has 202 valence electrons. The summed E-state index contributed by atoms with van der Waals surface area (Å²) in [5, 5.41) is 17.5. The number of alkyl carbamates (subject to hydrolysis) is 1. The Morgan fingerprint density at radius 1 is 1.16 bits per heavy atom. The number of carboxylic acids is 2. The van der Waals surface area contributed by atoms with Crippen molar-refractivity contribution in [2.75, 3.05) is 32.4 Å². The Balaban J connectivity index is 0.000000505. The summed E-state index contributed by atoms with van der Waals surface area (Å²) < 4.78 is 11.9. The van der Waals surface area contributed by atoms with E-state index in [1.54, 1.807) is 11.8 Å². The first-order valence-electron chi connectivity index (χ1n) is 12.2. The molecule has 12 heteroatoms. The minimum Gasteiger partial charge on any atom is -0.473 e. The number of carboxylic acid groups (broad SMARTS) is 2. The number of amides is 1. The van der Waals surface area contributed by atoms with E-state index in [2.05, 4.69) is 46.5 Å². The number of rotatable bonds is 7. The molecule has 2 aliphatic rings. The number of hydrogen-bond donors (Lipinski definition) is 4. The zero-order chi connectivity index (χ0) is 27.1. The maximum atomic E-state index is 11.3. The predicted molar refractivity (Wildman–Crippen MR) is 140 cm³/mol. The number of H-pyrrole nitrogens is 1. The van der Waals surface area contributed by atoms with Crippen LogP contribution in [0.15, 0.2) is 53.4 Å². The topological polar surface area (TPSA) is 154 Å². The van der Waals surface area contributed by atoms with E-state index in [9.17, 15) is 4.79 Å². The molecule has 0 aliphatic carbocycles. The second-order valence-electron chi connectivity index (χ2n) is 9.06. The second-order valence-corrected chi connectivity index (χ2v) is 10.2. The Bertz CT molecular complexity index is 1230. The van der Waals surface area contributed by atoms with Crippen molar-refractivity contribution in [3.8, 4) is 0 Å². The molecule has 2 unspecified atom stereocenters. The standard InChI is InChI=1S/C24H28N4O3S.C2H2O4/c1-28-11-9-17(10-12-28)30-22(23-26-20-7-2-3-8-21(20)27-23)16-5-4-6-19(13-16)32-15-18-14-25-24(29)31-18;3-1(4)2(5)6/h2-8,13,17-18,22H,9-12,14-15H2,1H3,(H,25,29)(H,26,27);(H,3,4)(H,5,6). The monoisotopic (exact) mass is 542 g/mol. The number of aromatic nitrogens is 2. The van der Waals surface area contributed by atoms with Crippen LogP contribution in [0.25, 0.3) is 11.0 Å². The molecule has 2 fully saturated rings. The van der Waals surface area contributed by atoms with E-state index in [1.165, 1.54) is 0 Å². The summed E-state index contributed by atoms with van der Waals surface area (Å²) in [4.78, 5) is 41.3. The maximum Gasteiger partial charge on any atom is 0.414 e. The van der Waals surface area contributed by atoms with E-state index in [0.29, 0.717) is 12.3 Å². The number of aromatic amines is 1. The molecule has 1 amide bonds. The number of cyclic esters (lactones) is 1. The zero-order valence-corrected chi connectivity index (χ0v) is 21.6. The van der Waals surface area contributed by atoms with E-state index in [-0.39, 0.29) is 24.4 Å². The number of carbonyl (C=O) groups is 3. The molecule has 2 saturated heterocycles. The molecule has 4 N–H and O–H groups in total. The van der Waals surface area contributed by atoms with Crippen LogP contribution in [0.5, 0.6) is 0 Å². The first-order valence-corrected chi connectivity index (χ1v) is 13.2. The lowest BCUT2D eigenvalue weighted by atomic mass is 10.1. The van der Waals surface area contributed by atoms with Gasteiger partial charge in [0.1, 0.15) is 18.0 Å². The highest BCUT2D eigenvalue weighted by Crippen LogP contribution is 2.32. The molecule has 0 radical (unpaired) electrons. The van der Waals surface area contributed by atoms with E-state index in [1.807, 2.05) is 24.3 Å². The van der Waals surface area contributed by atoms with Gasteiger partial charge in [-0.1, -0.05) is 24.3 Å². The number of fused-ring (bicyclic) bond motifs is 1. The number of piperidine rings is 1. The van der Waals surface area contributed by atoms with Crippen LogP contribution < -0.4 is 5.32 Å². The summed E-state index contributed by atoms with van der Waals surface area (Å²) >= 11 is 1.69. The number of thioether (sulfide) groups is 1. The summed E-state index contributed by atoms with van der Waals surface area (Å²) in [5.74, 6) is -2.10. The number of imidazole rings is 1. The Morgan fingerprint density at radius 2 is 1.89 bits per heavy atom. The summed E-state index contributed by atoms with van der Waals surface area (Å²) in [6.07, 6.45) is 1.54. The molecule has 38 heavy (non-hydrogen) atoms. The predicted octanol–water partition coefficient (Wildman–Crippen LogP) is 3.12. The Kier molecular flexibility index (Phi) is 9.21. The Morgan fingerprint density at radius 3 is 2.55 bits per heavy atom. The van der Waals surface area contributed by atoms with Gasteiger partial charge in [-0.3, -0.25) is 0 Å². The van der Waals surface area contributed by atoms with Gasteiger partial charge < -0.3 is 34.9 Å². The largest absolute Gasteiger partial charge is 0.473 e. The number of nitrogens with one attached hydrogen (secondary N) is 2. The zero-order valence-electron chi connectivity index (χ0n) is 20.8. The fraction of sp³-hybridized carbons (Fsp3) is 0.385. The normalized spacial score (nSPS) is 18.8. The molecular weight excluding hydrogens is 512 g/mol. The molecule has 1 aromatic heterocycles. The number of ether oxygens (including phenoxy) is 2. The summed E-state index contributed by atoms with van der Waals surface area (Å²) in [5.41, 5.74) is 3.04. The third-order valence-electron chi connectivity index (χ3n) is 6.18. The van der Waals surface area contributed by atoms with Gasteiger partial charge >= 0.3 is 18.0 Å². The lowest BCUT2D eigenvalue weighted by molar-refractivity contribution is -0.159. The van der Waals surface area contributed by atoms with Gasteiger partial charge in [-0.2, -0.15) is 0 Å². The van der Waals surface area contributed by atoms with Crippen molar-refractivity contribution >= 4 is 40.8 Å². The van der Waals surface area contributed by atoms with Crippen LogP contribution >= 0.6 is 11.8 Å². The van der Waals surface area contributed by atoms with Crippen LogP contribution in [-0.4, -0.2) is 87.8 Å². The van der Waals surface area contributed by atoms with Crippen molar-refractivity contribution in [2.45, 2.75) is 36.0 Å². The number of hydrogen-bond acceptors (Lipinski definition) is 8. The molecule has 2 aliphatic heterocycles. The fourth-order valence-corrected chi connectivity index (χ4v) is 5.15. The van der Waals surface area contributed by atoms with Gasteiger partial charge in [-0.15, -0.1) is 11.8 Å². The highest BCUT2D eigenvalue weighted by molar-refractivity contribution is 7.99. The van der Waals surface area contributed by atoms with Crippen molar-refractivity contribution in [3.63, 3.8) is 0 Å². The van der Waals surface area contributed by atoms with Crippen LogP contribution in [0.2, 0.25) is 0 Å². The minimum absolute atomic E-state index is 0.0993. The number of aliphatic carboxylic acids is 2. The highest BCUT2D eigenvalue weighted by Gasteiger charge is 2.27. The molecule has 11 nitrogen and oxygen atoms in total. The quantitative estimate of drug-likeness (QED) is 0.259. The molecule has 5 rings (SSSR count). The van der Waals surface area contributed by atoms with E-state index >= 15 is 0 Å². The molecule has 2 aromatic carbocycles. The minimum atomic E-state index is -1.82. The lowest BCUT2D eigenvalue weighted by Gasteiger charge is -2.31. The average Bonchev–Trinajstić information content (AvgIpc) is 3.53. The second kappa shape index (κ2) is 12.8. The third kappa shape index (κ3) is 7.46. The number of carbonyl (C=O) groups excluding carboxylic acids is 1. The third-order valence-corrected chi connectivity index (χ3v) is 7.30. The van der Waals surface area contributed by atoms with Gasteiger partial charge in [-0.25, -0.2) is 19.4 Å². The number of para-hydroxylation sites is 2. The Labute approximate surface area is 223 Å². The first-order chi connectivity index (χ1) is 18.3. The molecule has 3 aromatic rings. The van der Waals surface area contributed by atoms with Crippen LogP contribution in [0.1, 0.15) is 30.3 Å². The smallest absolute Gasteiger partial charge is 0.414 e. The van der Waals surface area contributed by atoms with Crippen LogP contribution in [0.3, 0.4) is 0 Å². The average molecular weight is 543 g/mol. The number of likely N-dealkylation sites (tertiary alicyclic amines) is 1. The molecule has 0 spiro atoms. The van der Waals surface area contributed by atoms with E-state index in [0.717, 1.165) is 53.2 Å².